The van der Waals surface area contributed by atoms with E-state index < -0.39 is 0 Å². The lowest BCUT2D eigenvalue weighted by Gasteiger charge is -1.96. The third-order valence-electron chi connectivity index (χ3n) is 1.10. The number of nitrogens with one attached hydrogen (secondary N) is 1. The van der Waals surface area contributed by atoms with Gasteiger partial charge in [-0.3, -0.25) is 0 Å². The highest BCUT2D eigenvalue weighted by molar-refractivity contribution is 7.84. The molecule has 1 N–H and O–H groups in total. The van der Waals surface area contributed by atoms with Crippen molar-refractivity contribution in [2.45, 2.75) is 0 Å². The maximum absolute atomic E-state index is 4.16. The first-order chi connectivity index (χ1) is 4.29. The topological polar surface area (TPSA) is 12.0 Å². The van der Waals surface area contributed by atoms with E-state index in [2.05, 4.69) is 24.5 Å². The van der Waals surface area contributed by atoms with Crippen LogP contribution in [0.3, 0.4) is 0 Å². The minimum Gasteiger partial charge on any atom is -0.382 e. The van der Waals surface area contributed by atoms with Gasteiger partial charge in [0.1, 0.15) is 0 Å². The molecular formula is C7H9NS. The average molecular weight is 139 g/mol. The third-order valence-corrected chi connectivity index (χ3v) is 1.43. The molecule has 1 aliphatic rings. The summed E-state index contributed by atoms with van der Waals surface area (Å²) in [5, 5.41) is 3.07. The third kappa shape index (κ3) is 1.98. The highest BCUT2D eigenvalue weighted by atomic mass is 32.1. The van der Waals surface area contributed by atoms with Gasteiger partial charge < -0.3 is 5.32 Å². The smallest absolute Gasteiger partial charge is 0.0344 e. The first-order valence-corrected chi connectivity index (χ1v) is 3.24. The van der Waals surface area contributed by atoms with Gasteiger partial charge in [0, 0.05) is 17.1 Å². The van der Waals surface area contributed by atoms with E-state index in [-0.39, 0.29) is 0 Å². The Hall–Kier alpha value is -0.630. The van der Waals surface area contributed by atoms with E-state index in [1.807, 2.05) is 18.2 Å². The van der Waals surface area contributed by atoms with E-state index in [9.17, 15) is 0 Å². The average Bonchev–Trinajstić information content (AvgIpc) is 1.97. The van der Waals surface area contributed by atoms with Crippen LogP contribution in [0.15, 0.2) is 35.4 Å². The van der Waals surface area contributed by atoms with Crippen LogP contribution in [0.25, 0.3) is 0 Å². The second-order valence-corrected chi connectivity index (χ2v) is 2.38. The van der Waals surface area contributed by atoms with Crippen molar-refractivity contribution in [1.29, 1.82) is 0 Å². The monoisotopic (exact) mass is 139 g/mol. The molecule has 0 aromatic heterocycles. The molecular weight excluding hydrogens is 130 g/mol. The van der Waals surface area contributed by atoms with E-state index in [0.717, 1.165) is 17.1 Å². The Kier molecular flexibility index (Phi) is 2.01. The molecule has 9 heavy (non-hydrogen) atoms. The largest absolute Gasteiger partial charge is 0.382 e. The summed E-state index contributed by atoms with van der Waals surface area (Å²) in [4.78, 5) is 0.987. The van der Waals surface area contributed by atoms with Gasteiger partial charge in [-0.2, -0.15) is 0 Å². The van der Waals surface area contributed by atoms with Crippen LogP contribution in [-0.2, 0) is 0 Å². The van der Waals surface area contributed by atoms with Crippen molar-refractivity contribution in [3.05, 3.63) is 35.4 Å². The Balaban J connectivity index is 2.69. The summed E-state index contributed by atoms with van der Waals surface area (Å²) in [5.41, 5.74) is 0.940. The Morgan fingerprint density at radius 1 is 1.56 bits per heavy atom. The predicted molar refractivity (Wildman–Crippen MR) is 43.4 cm³/mol. The molecule has 0 saturated carbocycles. The number of hydrogen-bond acceptors (Lipinski definition) is 2. The maximum Gasteiger partial charge on any atom is 0.0344 e. The van der Waals surface area contributed by atoms with Crippen LogP contribution in [0.1, 0.15) is 0 Å². The van der Waals surface area contributed by atoms with Crippen LogP contribution in [0.2, 0.25) is 0 Å². The van der Waals surface area contributed by atoms with Gasteiger partial charge in [0.2, 0.25) is 0 Å². The molecule has 0 radical (unpaired) electrons. The fraction of sp³-hybridized carbons (Fsp3) is 0.143. The second-order valence-electron chi connectivity index (χ2n) is 1.87. The second kappa shape index (κ2) is 2.78. The summed E-state index contributed by atoms with van der Waals surface area (Å²) in [7, 11) is 0. The fourth-order valence-electron chi connectivity index (χ4n) is 0.600. The van der Waals surface area contributed by atoms with Gasteiger partial charge in [-0.15, -0.1) is 12.6 Å². The molecule has 0 bridgehead atoms. The van der Waals surface area contributed by atoms with Gasteiger partial charge in [0.15, 0.2) is 0 Å². The summed E-state index contributed by atoms with van der Waals surface area (Å²) in [6, 6.07) is 0. The molecule has 0 atom stereocenters. The zero-order valence-electron chi connectivity index (χ0n) is 5.09. The Labute approximate surface area is 60.6 Å². The Morgan fingerprint density at radius 2 is 2.33 bits per heavy atom. The lowest BCUT2D eigenvalue weighted by atomic mass is 10.4. The van der Waals surface area contributed by atoms with Gasteiger partial charge >= 0.3 is 0 Å². The normalized spacial score (nSPS) is 18.3. The highest BCUT2D eigenvalue weighted by Gasteiger charge is 1.90. The van der Waals surface area contributed by atoms with Crippen molar-refractivity contribution in [3.63, 3.8) is 0 Å². The van der Waals surface area contributed by atoms with Crippen LogP contribution < -0.4 is 5.32 Å². The van der Waals surface area contributed by atoms with Crippen LogP contribution in [-0.4, -0.2) is 6.54 Å². The molecule has 1 heterocycles. The quantitative estimate of drug-likeness (QED) is 0.484. The molecule has 0 aromatic carbocycles. The summed E-state index contributed by atoms with van der Waals surface area (Å²) >= 11 is 4.16. The van der Waals surface area contributed by atoms with Gasteiger partial charge in [0.05, 0.1) is 0 Å². The molecule has 1 rings (SSSR count). The zero-order chi connectivity index (χ0) is 6.69. The van der Waals surface area contributed by atoms with E-state index >= 15 is 0 Å². The van der Waals surface area contributed by atoms with Crippen molar-refractivity contribution in [1.82, 2.24) is 5.32 Å². The summed E-state index contributed by atoms with van der Waals surface area (Å²) in [5.74, 6) is 0. The van der Waals surface area contributed by atoms with E-state index in [0.29, 0.717) is 0 Å². The lowest BCUT2D eigenvalue weighted by Crippen LogP contribution is -2.08. The zero-order valence-corrected chi connectivity index (χ0v) is 5.99. The molecule has 0 spiro atoms. The molecule has 0 aliphatic carbocycles. The number of allylic oxidation sites excluding steroid dienone is 2. The SMILES string of the molecule is C=C1C=CC(S)=CCN1. The molecule has 0 fully saturated rings. The first-order valence-electron chi connectivity index (χ1n) is 2.79. The van der Waals surface area contributed by atoms with E-state index in [1.165, 1.54) is 0 Å². The highest BCUT2D eigenvalue weighted by Crippen LogP contribution is 2.05. The molecule has 0 amide bonds. The molecule has 0 saturated heterocycles. The lowest BCUT2D eigenvalue weighted by molar-refractivity contribution is 0.946. The number of rotatable bonds is 0. The van der Waals surface area contributed by atoms with Crippen LogP contribution in [0, 0.1) is 0 Å². The van der Waals surface area contributed by atoms with Crippen molar-refractivity contribution in [2.24, 2.45) is 0 Å². The molecule has 48 valence electrons. The van der Waals surface area contributed by atoms with E-state index in [1.54, 1.807) is 0 Å². The Morgan fingerprint density at radius 3 is 3.11 bits per heavy atom. The Bertz CT molecular complexity index is 179. The van der Waals surface area contributed by atoms with Gasteiger partial charge in [-0.1, -0.05) is 12.7 Å². The standard InChI is InChI=1S/C7H9NS/c1-6-2-3-7(9)4-5-8-6/h2-4,8-9H,1,5H2. The van der Waals surface area contributed by atoms with E-state index in [4.69, 9.17) is 0 Å². The summed E-state index contributed by atoms with van der Waals surface area (Å²) < 4.78 is 0. The van der Waals surface area contributed by atoms with Crippen LogP contribution in [0.5, 0.6) is 0 Å². The molecule has 2 heteroatoms. The maximum atomic E-state index is 4.16. The van der Waals surface area contributed by atoms with Gasteiger partial charge in [0.25, 0.3) is 0 Å². The number of thiol groups is 1. The van der Waals surface area contributed by atoms with Gasteiger partial charge in [-0.25, -0.2) is 0 Å². The minimum atomic E-state index is 0.824. The van der Waals surface area contributed by atoms with Crippen LogP contribution in [0.4, 0.5) is 0 Å². The summed E-state index contributed by atoms with van der Waals surface area (Å²) in [6.45, 7) is 4.57. The first kappa shape index (κ1) is 6.49. The van der Waals surface area contributed by atoms with Crippen molar-refractivity contribution < 1.29 is 0 Å². The number of hydrogen-bond donors (Lipinski definition) is 2. The van der Waals surface area contributed by atoms with Crippen LogP contribution >= 0.6 is 12.6 Å². The van der Waals surface area contributed by atoms with Crippen molar-refractivity contribution in [3.8, 4) is 0 Å². The summed E-state index contributed by atoms with van der Waals surface area (Å²) in [6.07, 6.45) is 5.83. The molecule has 0 unspecified atom stereocenters. The van der Waals surface area contributed by atoms with Crippen molar-refractivity contribution >= 4 is 12.6 Å². The predicted octanol–water partition coefficient (Wildman–Crippen LogP) is 1.47. The fourth-order valence-corrected chi connectivity index (χ4v) is 0.765. The molecule has 0 aromatic rings. The molecule has 1 nitrogen and oxygen atoms in total. The van der Waals surface area contributed by atoms with Crippen molar-refractivity contribution in [2.75, 3.05) is 6.54 Å². The molecule has 1 aliphatic heterocycles. The van der Waals surface area contributed by atoms with Gasteiger partial charge in [-0.05, 0) is 12.2 Å². The minimum absolute atomic E-state index is 0.824.